The molecule has 1 atom stereocenters. The molecule has 86 valence electrons. The van der Waals surface area contributed by atoms with Crippen molar-refractivity contribution in [3.8, 4) is 0 Å². The fourth-order valence-corrected chi connectivity index (χ4v) is 2.07. The van der Waals surface area contributed by atoms with Gasteiger partial charge in [0.1, 0.15) is 0 Å². The smallest absolute Gasteiger partial charge is 0.319 e. The van der Waals surface area contributed by atoms with Gasteiger partial charge < -0.3 is 16.0 Å². The SMILES string of the molecule is O=C(Nc1ccccc1Br)NC1CCNC1. The van der Waals surface area contributed by atoms with Crippen LogP contribution in [-0.2, 0) is 0 Å². The molecule has 0 aromatic heterocycles. The van der Waals surface area contributed by atoms with Gasteiger partial charge in [0.2, 0.25) is 0 Å². The number of carbonyl (C=O) groups excluding carboxylic acids is 1. The number of hydrogen-bond acceptors (Lipinski definition) is 2. The summed E-state index contributed by atoms with van der Waals surface area (Å²) in [6.45, 7) is 1.82. The molecular weight excluding hydrogens is 270 g/mol. The lowest BCUT2D eigenvalue weighted by Gasteiger charge is -2.13. The first kappa shape index (κ1) is 11.4. The molecule has 0 aliphatic carbocycles. The van der Waals surface area contributed by atoms with E-state index in [2.05, 4.69) is 31.9 Å². The molecule has 1 aromatic carbocycles. The average molecular weight is 284 g/mol. The van der Waals surface area contributed by atoms with Crippen LogP contribution in [0.5, 0.6) is 0 Å². The Bertz CT molecular complexity index is 377. The third-order valence-corrected chi connectivity index (χ3v) is 3.21. The number of amides is 2. The van der Waals surface area contributed by atoms with E-state index in [0.29, 0.717) is 0 Å². The summed E-state index contributed by atoms with van der Waals surface area (Å²) in [5.74, 6) is 0. The Morgan fingerprint density at radius 2 is 2.25 bits per heavy atom. The Balaban J connectivity index is 1.89. The number of anilines is 1. The summed E-state index contributed by atoms with van der Waals surface area (Å²) in [7, 11) is 0. The van der Waals surface area contributed by atoms with Crippen molar-refractivity contribution >= 4 is 27.6 Å². The van der Waals surface area contributed by atoms with Gasteiger partial charge >= 0.3 is 6.03 Å². The molecule has 4 nitrogen and oxygen atoms in total. The molecule has 1 aliphatic rings. The van der Waals surface area contributed by atoms with E-state index in [-0.39, 0.29) is 12.1 Å². The van der Waals surface area contributed by atoms with Crippen LogP contribution in [-0.4, -0.2) is 25.2 Å². The van der Waals surface area contributed by atoms with E-state index in [1.807, 2.05) is 24.3 Å². The molecule has 0 saturated carbocycles. The molecule has 3 N–H and O–H groups in total. The highest BCUT2D eigenvalue weighted by molar-refractivity contribution is 9.10. The highest BCUT2D eigenvalue weighted by Crippen LogP contribution is 2.20. The summed E-state index contributed by atoms with van der Waals surface area (Å²) in [6.07, 6.45) is 0.989. The Kier molecular flexibility index (Phi) is 3.79. The molecule has 1 aliphatic heterocycles. The number of carbonyl (C=O) groups is 1. The zero-order valence-corrected chi connectivity index (χ0v) is 10.4. The van der Waals surface area contributed by atoms with Crippen molar-refractivity contribution in [2.24, 2.45) is 0 Å². The molecule has 2 rings (SSSR count). The number of hydrogen-bond donors (Lipinski definition) is 3. The lowest BCUT2D eigenvalue weighted by Crippen LogP contribution is -2.39. The summed E-state index contributed by atoms with van der Waals surface area (Å²) in [5, 5.41) is 8.93. The fourth-order valence-electron chi connectivity index (χ4n) is 1.68. The monoisotopic (exact) mass is 283 g/mol. The van der Waals surface area contributed by atoms with Gasteiger partial charge in [-0.25, -0.2) is 4.79 Å². The topological polar surface area (TPSA) is 53.2 Å². The zero-order chi connectivity index (χ0) is 11.4. The van der Waals surface area contributed by atoms with E-state index in [9.17, 15) is 4.79 Å². The van der Waals surface area contributed by atoms with Gasteiger partial charge in [0, 0.05) is 17.1 Å². The summed E-state index contributed by atoms with van der Waals surface area (Å²) in [4.78, 5) is 11.6. The van der Waals surface area contributed by atoms with Gasteiger partial charge in [0.05, 0.1) is 5.69 Å². The van der Waals surface area contributed by atoms with Crippen molar-refractivity contribution in [1.82, 2.24) is 10.6 Å². The second-order valence-electron chi connectivity index (χ2n) is 3.77. The van der Waals surface area contributed by atoms with Gasteiger partial charge in [0.25, 0.3) is 0 Å². The molecule has 0 radical (unpaired) electrons. The Hall–Kier alpha value is -1.07. The molecule has 0 bridgehead atoms. The normalized spacial score (nSPS) is 19.4. The maximum atomic E-state index is 11.6. The van der Waals surface area contributed by atoms with Crippen LogP contribution in [0.3, 0.4) is 0 Å². The maximum absolute atomic E-state index is 11.6. The number of para-hydroxylation sites is 1. The highest BCUT2D eigenvalue weighted by Gasteiger charge is 2.16. The predicted octanol–water partition coefficient (Wildman–Crippen LogP) is 1.93. The number of benzene rings is 1. The fraction of sp³-hybridized carbons (Fsp3) is 0.364. The minimum absolute atomic E-state index is 0.152. The summed E-state index contributed by atoms with van der Waals surface area (Å²) in [5.41, 5.74) is 0.783. The second kappa shape index (κ2) is 5.32. The Morgan fingerprint density at radius 1 is 1.44 bits per heavy atom. The van der Waals surface area contributed by atoms with Crippen LogP contribution in [0.1, 0.15) is 6.42 Å². The van der Waals surface area contributed by atoms with Gasteiger partial charge in [-0.05, 0) is 41.0 Å². The van der Waals surface area contributed by atoms with Crippen molar-refractivity contribution in [1.29, 1.82) is 0 Å². The Morgan fingerprint density at radius 3 is 2.94 bits per heavy atom. The average Bonchev–Trinajstić information content (AvgIpc) is 2.74. The number of nitrogens with one attached hydrogen (secondary N) is 3. The molecule has 0 spiro atoms. The van der Waals surface area contributed by atoms with E-state index in [4.69, 9.17) is 0 Å². The van der Waals surface area contributed by atoms with E-state index in [1.165, 1.54) is 0 Å². The minimum atomic E-state index is -0.152. The maximum Gasteiger partial charge on any atom is 0.319 e. The van der Waals surface area contributed by atoms with Gasteiger partial charge in [-0.3, -0.25) is 0 Å². The van der Waals surface area contributed by atoms with Crippen LogP contribution in [0.25, 0.3) is 0 Å². The lowest BCUT2D eigenvalue weighted by molar-refractivity contribution is 0.249. The molecule has 1 aromatic rings. The van der Waals surface area contributed by atoms with Crippen LogP contribution in [0.15, 0.2) is 28.7 Å². The van der Waals surface area contributed by atoms with E-state index >= 15 is 0 Å². The quantitative estimate of drug-likeness (QED) is 0.777. The molecule has 1 saturated heterocycles. The molecule has 1 unspecified atom stereocenters. The van der Waals surface area contributed by atoms with Gasteiger partial charge in [-0.2, -0.15) is 0 Å². The molecular formula is C11H14BrN3O. The first-order chi connectivity index (χ1) is 7.75. The minimum Gasteiger partial charge on any atom is -0.334 e. The van der Waals surface area contributed by atoms with Gasteiger partial charge in [-0.15, -0.1) is 0 Å². The molecule has 2 amide bonds. The third-order valence-electron chi connectivity index (χ3n) is 2.52. The van der Waals surface area contributed by atoms with Crippen molar-refractivity contribution in [3.05, 3.63) is 28.7 Å². The predicted molar refractivity (Wildman–Crippen MR) is 67.6 cm³/mol. The summed E-state index contributed by atoms with van der Waals surface area (Å²) >= 11 is 3.38. The molecule has 1 fully saturated rings. The first-order valence-corrected chi connectivity index (χ1v) is 6.08. The van der Waals surface area contributed by atoms with Crippen LogP contribution < -0.4 is 16.0 Å². The molecule has 1 heterocycles. The van der Waals surface area contributed by atoms with Gasteiger partial charge in [0.15, 0.2) is 0 Å². The highest BCUT2D eigenvalue weighted by atomic mass is 79.9. The third kappa shape index (κ3) is 2.96. The van der Waals surface area contributed by atoms with Crippen molar-refractivity contribution in [2.45, 2.75) is 12.5 Å². The first-order valence-electron chi connectivity index (χ1n) is 5.28. The summed E-state index contributed by atoms with van der Waals surface area (Å²) in [6, 6.07) is 7.64. The standard InChI is InChI=1S/C11H14BrN3O/c12-9-3-1-2-4-10(9)15-11(16)14-8-5-6-13-7-8/h1-4,8,13H,5-7H2,(H2,14,15,16). The molecule has 16 heavy (non-hydrogen) atoms. The van der Waals surface area contributed by atoms with Crippen molar-refractivity contribution < 1.29 is 4.79 Å². The van der Waals surface area contributed by atoms with Gasteiger partial charge in [-0.1, -0.05) is 12.1 Å². The Labute approximate surface area is 103 Å². The van der Waals surface area contributed by atoms with Crippen LogP contribution in [0, 0.1) is 0 Å². The van der Waals surface area contributed by atoms with Crippen LogP contribution in [0.2, 0.25) is 0 Å². The lowest BCUT2D eigenvalue weighted by atomic mass is 10.3. The largest absolute Gasteiger partial charge is 0.334 e. The second-order valence-corrected chi connectivity index (χ2v) is 4.62. The zero-order valence-electron chi connectivity index (χ0n) is 8.79. The van der Waals surface area contributed by atoms with Crippen LogP contribution >= 0.6 is 15.9 Å². The number of urea groups is 1. The van der Waals surface area contributed by atoms with Crippen molar-refractivity contribution in [3.63, 3.8) is 0 Å². The van der Waals surface area contributed by atoms with E-state index in [0.717, 1.165) is 29.7 Å². The van der Waals surface area contributed by atoms with E-state index in [1.54, 1.807) is 0 Å². The van der Waals surface area contributed by atoms with Crippen LogP contribution in [0.4, 0.5) is 10.5 Å². The van der Waals surface area contributed by atoms with E-state index < -0.39 is 0 Å². The van der Waals surface area contributed by atoms with Crippen molar-refractivity contribution in [2.75, 3.05) is 18.4 Å². The summed E-state index contributed by atoms with van der Waals surface area (Å²) < 4.78 is 0.884. The molecule has 5 heteroatoms. The number of rotatable bonds is 2. The number of halogens is 1.